The lowest BCUT2D eigenvalue weighted by Gasteiger charge is -2.31. The van der Waals surface area contributed by atoms with Crippen LogP contribution in [0.15, 0.2) is 12.2 Å². The van der Waals surface area contributed by atoms with Gasteiger partial charge in [-0.25, -0.2) is 0 Å². The quantitative estimate of drug-likeness (QED) is 0.564. The van der Waals surface area contributed by atoms with Crippen LogP contribution in [-0.4, -0.2) is 0 Å². The highest BCUT2D eigenvalue weighted by atomic mass is 14.4. The predicted molar refractivity (Wildman–Crippen MR) is 66.9 cm³/mol. The minimum absolute atomic E-state index is 0.645. The Hall–Kier alpha value is -0.260. The van der Waals surface area contributed by atoms with Crippen molar-refractivity contribution in [2.75, 3.05) is 0 Å². The Labute approximate surface area is 95.1 Å². The molecule has 0 heteroatoms. The number of allylic oxidation sites excluding steroid dienone is 2. The Bertz CT molecular complexity index is 216. The maximum Gasteiger partial charge on any atom is -0.00900 e. The summed E-state index contributed by atoms with van der Waals surface area (Å²) in [5.41, 5.74) is 0.645. The van der Waals surface area contributed by atoms with Gasteiger partial charge in [-0.1, -0.05) is 51.2 Å². The van der Waals surface area contributed by atoms with E-state index in [4.69, 9.17) is 0 Å². The lowest BCUT2D eigenvalue weighted by Crippen LogP contribution is -2.21. The fourth-order valence-electron chi connectivity index (χ4n) is 3.74. The maximum absolute atomic E-state index is 2.62. The minimum atomic E-state index is 0.645. The van der Waals surface area contributed by atoms with Gasteiger partial charge in [0.05, 0.1) is 0 Å². The SMILES string of the molecule is CCCC=CC12CCCCCC1CCC2. The molecule has 0 spiro atoms. The van der Waals surface area contributed by atoms with Crippen LogP contribution in [0.4, 0.5) is 0 Å². The van der Waals surface area contributed by atoms with Crippen molar-refractivity contribution >= 4 is 0 Å². The van der Waals surface area contributed by atoms with Crippen molar-refractivity contribution in [2.45, 2.75) is 71.1 Å². The van der Waals surface area contributed by atoms with Gasteiger partial charge in [0.1, 0.15) is 0 Å². The van der Waals surface area contributed by atoms with Gasteiger partial charge in [0.15, 0.2) is 0 Å². The normalized spacial score (nSPS) is 36.7. The van der Waals surface area contributed by atoms with Crippen LogP contribution in [-0.2, 0) is 0 Å². The second-order valence-electron chi connectivity index (χ2n) is 5.61. The van der Waals surface area contributed by atoms with E-state index in [9.17, 15) is 0 Å². The lowest BCUT2D eigenvalue weighted by molar-refractivity contribution is 0.256. The first-order valence-corrected chi connectivity index (χ1v) is 7.05. The molecule has 0 aromatic carbocycles. The van der Waals surface area contributed by atoms with Gasteiger partial charge in [-0.15, -0.1) is 0 Å². The van der Waals surface area contributed by atoms with Crippen molar-refractivity contribution in [3.8, 4) is 0 Å². The molecule has 2 saturated carbocycles. The number of rotatable bonds is 3. The van der Waals surface area contributed by atoms with Crippen LogP contribution in [0.1, 0.15) is 71.1 Å². The topological polar surface area (TPSA) is 0 Å². The number of unbranched alkanes of at least 4 members (excludes halogenated alkanes) is 1. The molecule has 0 saturated heterocycles. The van der Waals surface area contributed by atoms with Crippen LogP contribution in [0.5, 0.6) is 0 Å². The second kappa shape index (κ2) is 5.18. The molecule has 0 heterocycles. The minimum Gasteiger partial charge on any atom is -0.0880 e. The third-order valence-corrected chi connectivity index (χ3v) is 4.61. The molecule has 0 bridgehead atoms. The molecule has 0 aromatic heterocycles. The van der Waals surface area contributed by atoms with Crippen LogP contribution in [0.25, 0.3) is 0 Å². The molecule has 2 atom stereocenters. The summed E-state index contributed by atoms with van der Waals surface area (Å²) in [7, 11) is 0. The first-order valence-electron chi connectivity index (χ1n) is 7.05. The van der Waals surface area contributed by atoms with Crippen LogP contribution in [0.2, 0.25) is 0 Å². The van der Waals surface area contributed by atoms with E-state index < -0.39 is 0 Å². The predicted octanol–water partition coefficient (Wildman–Crippen LogP) is 5.09. The molecule has 0 nitrogen and oxygen atoms in total. The van der Waals surface area contributed by atoms with E-state index >= 15 is 0 Å². The summed E-state index contributed by atoms with van der Waals surface area (Å²) in [6.07, 6.45) is 19.6. The largest absolute Gasteiger partial charge is 0.0880 e. The maximum atomic E-state index is 2.62. The van der Waals surface area contributed by atoms with Crippen molar-refractivity contribution in [1.82, 2.24) is 0 Å². The summed E-state index contributed by atoms with van der Waals surface area (Å²) >= 11 is 0. The number of fused-ring (bicyclic) bond motifs is 1. The van der Waals surface area contributed by atoms with Gasteiger partial charge in [0.25, 0.3) is 0 Å². The summed E-state index contributed by atoms with van der Waals surface area (Å²) in [5.74, 6) is 1.04. The van der Waals surface area contributed by atoms with Crippen LogP contribution >= 0.6 is 0 Å². The van der Waals surface area contributed by atoms with E-state index in [0.29, 0.717) is 5.41 Å². The average Bonchev–Trinajstić information content (AvgIpc) is 2.53. The van der Waals surface area contributed by atoms with Gasteiger partial charge in [-0.05, 0) is 43.4 Å². The highest BCUT2D eigenvalue weighted by Crippen LogP contribution is 2.52. The van der Waals surface area contributed by atoms with E-state index in [0.717, 1.165) is 5.92 Å². The molecule has 2 aliphatic rings. The molecule has 0 N–H and O–H groups in total. The molecule has 86 valence electrons. The smallest absolute Gasteiger partial charge is 0.00900 e. The van der Waals surface area contributed by atoms with Gasteiger partial charge in [-0.3, -0.25) is 0 Å². The number of hydrogen-bond acceptors (Lipinski definition) is 0. The average molecular weight is 206 g/mol. The monoisotopic (exact) mass is 206 g/mol. The Morgan fingerprint density at radius 3 is 2.73 bits per heavy atom. The van der Waals surface area contributed by atoms with Gasteiger partial charge in [0.2, 0.25) is 0 Å². The standard InChI is InChI=1S/C15H26/c1-2-3-6-11-15-12-7-4-5-9-14(15)10-8-13-15/h6,11,14H,2-5,7-10,12-13H2,1H3. The molecule has 2 rings (SSSR count). The lowest BCUT2D eigenvalue weighted by atomic mass is 9.74. The number of hydrogen-bond donors (Lipinski definition) is 0. The first kappa shape index (κ1) is 11.2. The van der Waals surface area contributed by atoms with E-state index in [-0.39, 0.29) is 0 Å². The summed E-state index contributed by atoms with van der Waals surface area (Å²) in [6, 6.07) is 0. The van der Waals surface area contributed by atoms with Crippen molar-refractivity contribution in [3.05, 3.63) is 12.2 Å². The zero-order valence-electron chi connectivity index (χ0n) is 10.3. The van der Waals surface area contributed by atoms with E-state index in [1.54, 1.807) is 0 Å². The molecule has 15 heavy (non-hydrogen) atoms. The first-order chi connectivity index (χ1) is 7.37. The van der Waals surface area contributed by atoms with Crippen molar-refractivity contribution in [3.63, 3.8) is 0 Å². The zero-order valence-corrected chi connectivity index (χ0v) is 10.3. The Kier molecular flexibility index (Phi) is 3.88. The molecule has 0 amide bonds. The Morgan fingerprint density at radius 1 is 1.07 bits per heavy atom. The van der Waals surface area contributed by atoms with Crippen LogP contribution in [0.3, 0.4) is 0 Å². The molecular formula is C15H26. The third kappa shape index (κ3) is 2.46. The van der Waals surface area contributed by atoms with E-state index in [1.165, 1.54) is 64.2 Å². The molecule has 0 aliphatic heterocycles. The van der Waals surface area contributed by atoms with E-state index in [1.807, 2.05) is 0 Å². The highest BCUT2D eigenvalue weighted by molar-refractivity contribution is 5.07. The second-order valence-corrected chi connectivity index (χ2v) is 5.61. The Morgan fingerprint density at radius 2 is 1.87 bits per heavy atom. The van der Waals surface area contributed by atoms with Crippen LogP contribution in [0, 0.1) is 11.3 Å². The molecule has 2 unspecified atom stereocenters. The molecule has 0 aromatic rings. The van der Waals surface area contributed by atoms with Crippen molar-refractivity contribution in [1.29, 1.82) is 0 Å². The summed E-state index contributed by atoms with van der Waals surface area (Å²) in [6.45, 7) is 2.28. The zero-order chi connectivity index (χ0) is 10.6. The summed E-state index contributed by atoms with van der Waals surface area (Å²) in [5, 5.41) is 0. The van der Waals surface area contributed by atoms with Crippen molar-refractivity contribution < 1.29 is 0 Å². The summed E-state index contributed by atoms with van der Waals surface area (Å²) in [4.78, 5) is 0. The van der Waals surface area contributed by atoms with Crippen molar-refractivity contribution in [2.24, 2.45) is 11.3 Å². The summed E-state index contributed by atoms with van der Waals surface area (Å²) < 4.78 is 0. The van der Waals surface area contributed by atoms with Gasteiger partial charge in [0, 0.05) is 0 Å². The highest BCUT2D eigenvalue weighted by Gasteiger charge is 2.40. The fraction of sp³-hybridized carbons (Fsp3) is 0.867. The van der Waals surface area contributed by atoms with Gasteiger partial charge >= 0.3 is 0 Å². The van der Waals surface area contributed by atoms with E-state index in [2.05, 4.69) is 19.1 Å². The molecule has 2 aliphatic carbocycles. The van der Waals surface area contributed by atoms with Crippen LogP contribution < -0.4 is 0 Å². The third-order valence-electron chi connectivity index (χ3n) is 4.61. The van der Waals surface area contributed by atoms with Gasteiger partial charge in [-0.2, -0.15) is 0 Å². The van der Waals surface area contributed by atoms with Gasteiger partial charge < -0.3 is 0 Å². The molecule has 0 radical (unpaired) electrons. The fourth-order valence-corrected chi connectivity index (χ4v) is 3.74. The Balaban J connectivity index is 2.06. The molecular weight excluding hydrogens is 180 g/mol. The molecule has 2 fully saturated rings.